The first-order valence-electron chi connectivity index (χ1n) is 5.24. The highest BCUT2D eigenvalue weighted by molar-refractivity contribution is 9.10. The molecule has 0 aliphatic heterocycles. The number of rotatable bonds is 2. The maximum Gasteiger partial charge on any atom is 0.168 e. The van der Waals surface area contributed by atoms with E-state index in [4.69, 9.17) is 10.00 Å². The van der Waals surface area contributed by atoms with Crippen molar-refractivity contribution in [2.75, 3.05) is 0 Å². The Kier molecular flexibility index (Phi) is 3.63. The number of benzene rings is 2. The molecule has 2 aromatic rings. The quantitative estimate of drug-likeness (QED) is 0.815. The Labute approximate surface area is 113 Å². The summed E-state index contributed by atoms with van der Waals surface area (Å²) in [5.74, 6) is 0.273. The molecule has 0 saturated carbocycles. The standard InChI is InChI=1S/C14H9BrFNO/c1-9-3-2-4-13(14(9)16)18-11-6-5-10(8-17)12(15)7-11/h2-7H,1H3. The summed E-state index contributed by atoms with van der Waals surface area (Å²) in [6.07, 6.45) is 0. The average molecular weight is 306 g/mol. The minimum atomic E-state index is -0.377. The molecule has 2 nitrogen and oxygen atoms in total. The maximum absolute atomic E-state index is 13.7. The van der Waals surface area contributed by atoms with Crippen LogP contribution in [-0.4, -0.2) is 0 Å². The van der Waals surface area contributed by atoms with E-state index >= 15 is 0 Å². The average Bonchev–Trinajstić information content (AvgIpc) is 2.35. The largest absolute Gasteiger partial charge is 0.454 e. The van der Waals surface area contributed by atoms with E-state index in [1.165, 1.54) is 0 Å². The van der Waals surface area contributed by atoms with E-state index in [1.54, 1.807) is 43.3 Å². The normalized spacial score (nSPS) is 9.89. The van der Waals surface area contributed by atoms with Gasteiger partial charge in [-0.1, -0.05) is 12.1 Å². The van der Waals surface area contributed by atoms with Crippen LogP contribution in [0.3, 0.4) is 0 Å². The summed E-state index contributed by atoms with van der Waals surface area (Å²) < 4.78 is 19.8. The van der Waals surface area contributed by atoms with Gasteiger partial charge in [-0.25, -0.2) is 4.39 Å². The molecule has 0 unspecified atom stereocenters. The van der Waals surface area contributed by atoms with E-state index in [1.807, 2.05) is 6.07 Å². The first-order chi connectivity index (χ1) is 8.61. The molecule has 2 aromatic carbocycles. The van der Waals surface area contributed by atoms with Gasteiger partial charge in [0.15, 0.2) is 11.6 Å². The van der Waals surface area contributed by atoms with Crippen molar-refractivity contribution in [3.05, 3.63) is 57.8 Å². The second-order valence-electron chi connectivity index (χ2n) is 3.74. The van der Waals surface area contributed by atoms with Crippen molar-refractivity contribution in [2.24, 2.45) is 0 Å². The van der Waals surface area contributed by atoms with Crippen molar-refractivity contribution in [2.45, 2.75) is 6.92 Å². The fraction of sp³-hybridized carbons (Fsp3) is 0.0714. The lowest BCUT2D eigenvalue weighted by molar-refractivity contribution is 0.440. The zero-order chi connectivity index (χ0) is 13.1. The van der Waals surface area contributed by atoms with Gasteiger partial charge in [0.25, 0.3) is 0 Å². The number of hydrogen-bond acceptors (Lipinski definition) is 2. The summed E-state index contributed by atoms with van der Waals surface area (Å²) in [6, 6.07) is 11.9. The molecule has 0 aliphatic rings. The molecular weight excluding hydrogens is 297 g/mol. The van der Waals surface area contributed by atoms with E-state index in [0.717, 1.165) is 0 Å². The van der Waals surface area contributed by atoms with E-state index in [2.05, 4.69) is 15.9 Å². The van der Waals surface area contributed by atoms with Gasteiger partial charge in [-0.15, -0.1) is 0 Å². The van der Waals surface area contributed by atoms with Crippen LogP contribution in [0.1, 0.15) is 11.1 Å². The monoisotopic (exact) mass is 305 g/mol. The van der Waals surface area contributed by atoms with Crippen molar-refractivity contribution < 1.29 is 9.13 Å². The van der Waals surface area contributed by atoms with Crippen LogP contribution in [0.4, 0.5) is 4.39 Å². The molecule has 0 saturated heterocycles. The molecule has 0 aliphatic carbocycles. The summed E-state index contributed by atoms with van der Waals surface area (Å²) in [7, 11) is 0. The molecular formula is C14H9BrFNO. The molecule has 0 aromatic heterocycles. The van der Waals surface area contributed by atoms with Gasteiger partial charge in [0.2, 0.25) is 0 Å². The fourth-order valence-electron chi connectivity index (χ4n) is 1.48. The summed E-state index contributed by atoms with van der Waals surface area (Å²) >= 11 is 3.26. The molecule has 18 heavy (non-hydrogen) atoms. The van der Waals surface area contributed by atoms with Crippen LogP contribution in [0.2, 0.25) is 0 Å². The third-order valence-corrected chi connectivity index (χ3v) is 3.10. The Bertz CT molecular complexity index is 634. The molecule has 0 amide bonds. The van der Waals surface area contributed by atoms with Crippen LogP contribution in [0.5, 0.6) is 11.5 Å². The summed E-state index contributed by atoms with van der Waals surface area (Å²) in [5, 5.41) is 8.80. The first-order valence-corrected chi connectivity index (χ1v) is 6.03. The van der Waals surface area contributed by atoms with E-state index < -0.39 is 0 Å². The highest BCUT2D eigenvalue weighted by Crippen LogP contribution is 2.29. The SMILES string of the molecule is Cc1cccc(Oc2ccc(C#N)c(Br)c2)c1F. The van der Waals surface area contributed by atoms with E-state index in [-0.39, 0.29) is 11.6 Å². The number of nitrogens with zero attached hydrogens (tertiary/aromatic N) is 1. The van der Waals surface area contributed by atoms with Gasteiger partial charge in [0, 0.05) is 4.47 Å². The van der Waals surface area contributed by atoms with Crippen molar-refractivity contribution in [1.29, 1.82) is 5.26 Å². The third kappa shape index (κ3) is 2.52. The number of nitriles is 1. The van der Waals surface area contributed by atoms with Gasteiger partial charge in [-0.3, -0.25) is 0 Å². The number of ether oxygens (including phenoxy) is 1. The minimum absolute atomic E-state index is 0.173. The molecule has 0 fully saturated rings. The molecule has 90 valence electrons. The fourth-order valence-corrected chi connectivity index (χ4v) is 1.92. The van der Waals surface area contributed by atoms with Gasteiger partial charge in [0.1, 0.15) is 11.8 Å². The second kappa shape index (κ2) is 5.19. The Morgan fingerprint density at radius 3 is 2.72 bits per heavy atom. The molecule has 0 atom stereocenters. The lowest BCUT2D eigenvalue weighted by Crippen LogP contribution is -1.91. The second-order valence-corrected chi connectivity index (χ2v) is 4.60. The molecule has 4 heteroatoms. The van der Waals surface area contributed by atoms with E-state index in [9.17, 15) is 4.39 Å². The Balaban J connectivity index is 2.32. The Morgan fingerprint density at radius 1 is 1.28 bits per heavy atom. The maximum atomic E-state index is 13.7. The Hall–Kier alpha value is -1.86. The number of halogens is 2. The third-order valence-electron chi connectivity index (χ3n) is 2.45. The van der Waals surface area contributed by atoms with Gasteiger partial charge in [0.05, 0.1) is 5.56 Å². The number of hydrogen-bond donors (Lipinski definition) is 0. The molecule has 0 radical (unpaired) electrons. The van der Waals surface area contributed by atoms with Crippen LogP contribution in [0.15, 0.2) is 40.9 Å². The van der Waals surface area contributed by atoms with Gasteiger partial charge in [-0.2, -0.15) is 5.26 Å². The van der Waals surface area contributed by atoms with Crippen LogP contribution in [-0.2, 0) is 0 Å². The van der Waals surface area contributed by atoms with Gasteiger partial charge >= 0.3 is 0 Å². The predicted molar refractivity (Wildman–Crippen MR) is 70.1 cm³/mol. The molecule has 2 rings (SSSR count). The summed E-state index contributed by atoms with van der Waals surface area (Å²) in [6.45, 7) is 1.68. The first kappa shape index (κ1) is 12.6. The number of aryl methyl sites for hydroxylation is 1. The topological polar surface area (TPSA) is 33.0 Å². The van der Waals surface area contributed by atoms with Crippen LogP contribution < -0.4 is 4.74 Å². The molecule has 0 N–H and O–H groups in total. The van der Waals surface area contributed by atoms with E-state index in [0.29, 0.717) is 21.3 Å². The summed E-state index contributed by atoms with van der Waals surface area (Å²) in [4.78, 5) is 0. The smallest absolute Gasteiger partial charge is 0.168 e. The van der Waals surface area contributed by atoms with Crippen molar-refractivity contribution in [3.8, 4) is 17.6 Å². The lowest BCUT2D eigenvalue weighted by Gasteiger charge is -2.08. The zero-order valence-electron chi connectivity index (χ0n) is 9.58. The lowest BCUT2D eigenvalue weighted by atomic mass is 10.2. The van der Waals surface area contributed by atoms with Crippen molar-refractivity contribution in [3.63, 3.8) is 0 Å². The minimum Gasteiger partial charge on any atom is -0.454 e. The molecule has 0 heterocycles. The van der Waals surface area contributed by atoms with Crippen molar-refractivity contribution in [1.82, 2.24) is 0 Å². The molecule has 0 bridgehead atoms. The van der Waals surface area contributed by atoms with Crippen molar-refractivity contribution >= 4 is 15.9 Å². The van der Waals surface area contributed by atoms with Crippen LogP contribution in [0.25, 0.3) is 0 Å². The van der Waals surface area contributed by atoms with Crippen LogP contribution in [0, 0.1) is 24.1 Å². The molecule has 0 spiro atoms. The predicted octanol–water partition coefficient (Wildman–Crippen LogP) is 4.56. The van der Waals surface area contributed by atoms with Crippen LogP contribution >= 0.6 is 15.9 Å². The summed E-state index contributed by atoms with van der Waals surface area (Å²) in [5.41, 5.74) is 1.03. The highest BCUT2D eigenvalue weighted by atomic mass is 79.9. The van der Waals surface area contributed by atoms with Gasteiger partial charge < -0.3 is 4.74 Å². The highest BCUT2D eigenvalue weighted by Gasteiger charge is 2.08. The zero-order valence-corrected chi connectivity index (χ0v) is 11.2. The Morgan fingerprint density at radius 2 is 2.06 bits per heavy atom. The van der Waals surface area contributed by atoms with Gasteiger partial charge in [-0.05, 0) is 52.7 Å².